The Hall–Kier alpha value is -1.22. The highest BCUT2D eigenvalue weighted by atomic mass is 16.5. The van der Waals surface area contributed by atoms with Crippen molar-refractivity contribution < 1.29 is 9.47 Å². The average Bonchev–Trinajstić information content (AvgIpc) is 2.84. The minimum atomic E-state index is 0.215. The number of nitrogens with one attached hydrogen (secondary N) is 1. The van der Waals surface area contributed by atoms with Crippen LogP contribution in [0.2, 0.25) is 0 Å². The lowest BCUT2D eigenvalue weighted by Gasteiger charge is -2.32. The number of rotatable bonds is 5. The van der Waals surface area contributed by atoms with E-state index in [1.165, 1.54) is 18.4 Å². The fraction of sp³-hybridized carbons (Fsp3) is 0.667. The molecule has 1 spiro atoms. The van der Waals surface area contributed by atoms with E-state index in [1.54, 1.807) is 0 Å². The largest absolute Gasteiger partial charge is 0.492 e. The van der Waals surface area contributed by atoms with E-state index in [0.29, 0.717) is 0 Å². The molecule has 1 unspecified atom stereocenters. The van der Waals surface area contributed by atoms with Crippen molar-refractivity contribution in [2.24, 2.45) is 0 Å². The van der Waals surface area contributed by atoms with Crippen molar-refractivity contribution in [2.45, 2.75) is 57.5 Å². The van der Waals surface area contributed by atoms with E-state index in [0.717, 1.165) is 50.5 Å². The number of hydrogen-bond donors (Lipinski definition) is 1. The molecule has 1 N–H and O–H groups in total. The second-order valence-corrected chi connectivity index (χ2v) is 6.55. The number of hydrogen-bond acceptors (Lipinski definition) is 3. The van der Waals surface area contributed by atoms with Crippen LogP contribution in [0.5, 0.6) is 11.5 Å². The second kappa shape index (κ2) is 6.27. The highest BCUT2D eigenvalue weighted by Crippen LogP contribution is 2.45. The maximum absolute atomic E-state index is 6.10. The van der Waals surface area contributed by atoms with Crippen LogP contribution in [0.3, 0.4) is 0 Å². The predicted molar refractivity (Wildman–Crippen MR) is 85.3 cm³/mol. The molecule has 0 amide bonds. The van der Waals surface area contributed by atoms with Gasteiger partial charge in [0, 0.05) is 11.0 Å². The van der Waals surface area contributed by atoms with Crippen molar-refractivity contribution in [1.82, 2.24) is 5.32 Å². The van der Waals surface area contributed by atoms with Crippen LogP contribution < -0.4 is 14.8 Å². The molecule has 1 aromatic rings. The minimum absolute atomic E-state index is 0.215. The van der Waals surface area contributed by atoms with E-state index in [4.69, 9.17) is 9.47 Å². The van der Waals surface area contributed by atoms with Crippen molar-refractivity contribution in [3.63, 3.8) is 0 Å². The Balaban J connectivity index is 1.75. The van der Waals surface area contributed by atoms with Crippen molar-refractivity contribution in [1.29, 1.82) is 0 Å². The number of unbranched alkanes of at least 4 members (excludes halogenated alkanes) is 1. The topological polar surface area (TPSA) is 30.5 Å². The monoisotopic (exact) mass is 289 g/mol. The van der Waals surface area contributed by atoms with Gasteiger partial charge in [0.15, 0.2) is 0 Å². The minimum Gasteiger partial charge on any atom is -0.492 e. The smallest absolute Gasteiger partial charge is 0.123 e. The first-order valence-electron chi connectivity index (χ1n) is 8.38. The van der Waals surface area contributed by atoms with Gasteiger partial charge in [-0.15, -0.1) is 0 Å². The van der Waals surface area contributed by atoms with Crippen LogP contribution in [-0.2, 0) is 5.41 Å². The first kappa shape index (κ1) is 14.7. The molecule has 0 aromatic heterocycles. The summed E-state index contributed by atoms with van der Waals surface area (Å²) in [5, 5.41) is 3.45. The van der Waals surface area contributed by atoms with Crippen molar-refractivity contribution in [2.75, 3.05) is 19.7 Å². The van der Waals surface area contributed by atoms with Gasteiger partial charge in [-0.3, -0.25) is 0 Å². The first-order chi connectivity index (χ1) is 10.2. The summed E-state index contributed by atoms with van der Waals surface area (Å²) in [6.07, 6.45) is 6.18. The quantitative estimate of drug-likeness (QED) is 0.897. The van der Waals surface area contributed by atoms with Gasteiger partial charge in [-0.05, 0) is 57.5 Å². The Bertz CT molecular complexity index is 475. The fourth-order valence-electron chi connectivity index (χ4n) is 3.52. The first-order valence-corrected chi connectivity index (χ1v) is 8.38. The zero-order chi connectivity index (χ0) is 14.7. The molecular weight excluding hydrogens is 262 g/mol. The lowest BCUT2D eigenvalue weighted by atomic mass is 9.75. The van der Waals surface area contributed by atoms with E-state index in [-0.39, 0.29) is 11.5 Å². The molecule has 3 nitrogen and oxygen atoms in total. The van der Waals surface area contributed by atoms with Crippen LogP contribution in [0, 0.1) is 0 Å². The summed E-state index contributed by atoms with van der Waals surface area (Å²) in [6.45, 7) is 7.39. The van der Waals surface area contributed by atoms with Crippen molar-refractivity contribution in [3.8, 4) is 11.5 Å². The van der Waals surface area contributed by atoms with E-state index >= 15 is 0 Å². The second-order valence-electron chi connectivity index (χ2n) is 6.55. The standard InChI is InChI=1S/C18H27NO2/c1-3-4-5-14(2)21-15-6-7-17-16(12-15)18(13-20-17)8-10-19-11-9-18/h6-7,12,14,19H,3-5,8-11,13H2,1-2H3. The Morgan fingerprint density at radius 1 is 1.33 bits per heavy atom. The molecule has 1 atom stereocenters. The highest BCUT2D eigenvalue weighted by Gasteiger charge is 2.41. The number of piperidine rings is 1. The average molecular weight is 289 g/mol. The molecule has 0 bridgehead atoms. The van der Waals surface area contributed by atoms with Crippen LogP contribution in [-0.4, -0.2) is 25.8 Å². The van der Waals surface area contributed by atoms with Gasteiger partial charge in [0.25, 0.3) is 0 Å². The summed E-state index contributed by atoms with van der Waals surface area (Å²) in [5.41, 5.74) is 1.58. The molecule has 2 aliphatic rings. The third kappa shape index (κ3) is 3.03. The highest BCUT2D eigenvalue weighted by molar-refractivity contribution is 5.48. The maximum Gasteiger partial charge on any atom is 0.123 e. The van der Waals surface area contributed by atoms with Gasteiger partial charge in [0.2, 0.25) is 0 Å². The summed E-state index contributed by atoms with van der Waals surface area (Å²) in [7, 11) is 0. The van der Waals surface area contributed by atoms with Crippen LogP contribution >= 0.6 is 0 Å². The van der Waals surface area contributed by atoms with E-state index in [1.807, 2.05) is 0 Å². The van der Waals surface area contributed by atoms with Crippen LogP contribution in [0.15, 0.2) is 18.2 Å². The van der Waals surface area contributed by atoms with Gasteiger partial charge >= 0.3 is 0 Å². The zero-order valence-electron chi connectivity index (χ0n) is 13.3. The molecule has 116 valence electrons. The lowest BCUT2D eigenvalue weighted by Crippen LogP contribution is -2.40. The lowest BCUT2D eigenvalue weighted by molar-refractivity contribution is 0.206. The van der Waals surface area contributed by atoms with Crippen molar-refractivity contribution in [3.05, 3.63) is 23.8 Å². The Labute approximate surface area is 128 Å². The third-order valence-corrected chi connectivity index (χ3v) is 4.89. The third-order valence-electron chi connectivity index (χ3n) is 4.89. The van der Waals surface area contributed by atoms with Crippen LogP contribution in [0.25, 0.3) is 0 Å². The Morgan fingerprint density at radius 2 is 2.14 bits per heavy atom. The van der Waals surface area contributed by atoms with Gasteiger partial charge in [0.1, 0.15) is 11.5 Å². The molecule has 1 fully saturated rings. The number of benzene rings is 1. The molecular formula is C18H27NO2. The van der Waals surface area contributed by atoms with Crippen molar-refractivity contribution >= 4 is 0 Å². The molecule has 0 aliphatic carbocycles. The molecule has 21 heavy (non-hydrogen) atoms. The fourth-order valence-corrected chi connectivity index (χ4v) is 3.52. The number of ether oxygens (including phenoxy) is 2. The summed E-state index contributed by atoms with van der Waals surface area (Å²) < 4.78 is 12.0. The molecule has 0 radical (unpaired) electrons. The van der Waals surface area contributed by atoms with Gasteiger partial charge in [0.05, 0.1) is 12.7 Å². The summed E-state index contributed by atoms with van der Waals surface area (Å²) in [6, 6.07) is 6.38. The summed E-state index contributed by atoms with van der Waals surface area (Å²) in [5.74, 6) is 2.06. The number of fused-ring (bicyclic) bond motifs is 2. The Morgan fingerprint density at radius 3 is 2.90 bits per heavy atom. The normalized spacial score (nSPS) is 20.9. The maximum atomic E-state index is 6.10. The van der Waals surface area contributed by atoms with E-state index in [2.05, 4.69) is 37.4 Å². The van der Waals surface area contributed by atoms with Gasteiger partial charge in [-0.2, -0.15) is 0 Å². The molecule has 3 heteroatoms. The zero-order valence-corrected chi connectivity index (χ0v) is 13.3. The van der Waals surface area contributed by atoms with Gasteiger partial charge < -0.3 is 14.8 Å². The molecule has 2 aliphatic heterocycles. The summed E-state index contributed by atoms with van der Waals surface area (Å²) >= 11 is 0. The summed E-state index contributed by atoms with van der Waals surface area (Å²) in [4.78, 5) is 0. The van der Waals surface area contributed by atoms with Crippen LogP contribution in [0.4, 0.5) is 0 Å². The van der Waals surface area contributed by atoms with E-state index < -0.39 is 0 Å². The van der Waals surface area contributed by atoms with Gasteiger partial charge in [-0.25, -0.2) is 0 Å². The van der Waals surface area contributed by atoms with Gasteiger partial charge in [-0.1, -0.05) is 19.8 Å². The Kier molecular flexibility index (Phi) is 4.39. The molecule has 3 rings (SSSR count). The predicted octanol–water partition coefficient (Wildman–Crippen LogP) is 3.66. The SMILES string of the molecule is CCCCC(C)Oc1ccc2c(c1)C1(CCNCC1)CO2. The van der Waals surface area contributed by atoms with Crippen LogP contribution in [0.1, 0.15) is 51.5 Å². The molecule has 0 saturated carbocycles. The van der Waals surface area contributed by atoms with E-state index in [9.17, 15) is 0 Å². The molecule has 1 saturated heterocycles. The molecule has 1 aromatic carbocycles. The molecule has 2 heterocycles.